The second-order valence-corrected chi connectivity index (χ2v) is 7.15. The van der Waals surface area contributed by atoms with E-state index >= 15 is 0 Å². The number of fused-ring (bicyclic) bond motifs is 1. The molecule has 7 heteroatoms. The van der Waals surface area contributed by atoms with E-state index in [2.05, 4.69) is 4.98 Å². The molecule has 4 rings (SSSR count). The van der Waals surface area contributed by atoms with Crippen LogP contribution in [0, 0.1) is 0 Å². The van der Waals surface area contributed by atoms with Crippen molar-refractivity contribution in [3.63, 3.8) is 0 Å². The van der Waals surface area contributed by atoms with Crippen LogP contribution in [-0.4, -0.2) is 23.6 Å². The SMILES string of the molecule is O=C1c2ccccc2S(=O)(=O)N1Cc1coc(-c2ccccc2)n1. The largest absolute Gasteiger partial charge is 0.444 e. The number of aromatic nitrogens is 1. The molecule has 0 saturated carbocycles. The van der Waals surface area contributed by atoms with Crippen LogP contribution in [0.25, 0.3) is 11.5 Å². The van der Waals surface area contributed by atoms with Gasteiger partial charge in [0.15, 0.2) is 0 Å². The summed E-state index contributed by atoms with van der Waals surface area (Å²) >= 11 is 0. The number of benzene rings is 2. The van der Waals surface area contributed by atoms with Gasteiger partial charge in [-0.15, -0.1) is 0 Å². The van der Waals surface area contributed by atoms with Crippen LogP contribution in [0.2, 0.25) is 0 Å². The first-order valence-corrected chi connectivity index (χ1v) is 8.67. The Labute approximate surface area is 138 Å². The van der Waals surface area contributed by atoms with E-state index in [1.807, 2.05) is 30.3 Å². The fourth-order valence-electron chi connectivity index (χ4n) is 2.63. The van der Waals surface area contributed by atoms with Crippen molar-refractivity contribution >= 4 is 15.9 Å². The molecule has 1 amide bonds. The topological polar surface area (TPSA) is 80.5 Å². The summed E-state index contributed by atoms with van der Waals surface area (Å²) in [5, 5.41) is 0. The number of carbonyl (C=O) groups is 1. The summed E-state index contributed by atoms with van der Waals surface area (Å²) < 4.78 is 31.3. The number of amides is 1. The Bertz CT molecular complexity index is 1030. The normalized spacial score (nSPS) is 15.5. The smallest absolute Gasteiger partial charge is 0.269 e. The van der Waals surface area contributed by atoms with E-state index in [1.165, 1.54) is 18.4 Å². The first kappa shape index (κ1) is 14.6. The molecule has 0 atom stereocenters. The highest BCUT2D eigenvalue weighted by Crippen LogP contribution is 2.31. The molecule has 2 heterocycles. The number of hydrogen-bond donors (Lipinski definition) is 0. The van der Waals surface area contributed by atoms with E-state index in [4.69, 9.17) is 4.42 Å². The first-order chi connectivity index (χ1) is 11.6. The van der Waals surface area contributed by atoms with Gasteiger partial charge in [-0.05, 0) is 24.3 Å². The molecule has 3 aromatic rings. The van der Waals surface area contributed by atoms with E-state index in [0.717, 1.165) is 9.87 Å². The fourth-order valence-corrected chi connectivity index (χ4v) is 4.17. The van der Waals surface area contributed by atoms with Gasteiger partial charge in [0.1, 0.15) is 16.9 Å². The second kappa shape index (κ2) is 5.31. The van der Waals surface area contributed by atoms with Crippen LogP contribution in [-0.2, 0) is 16.6 Å². The minimum atomic E-state index is -3.85. The molecule has 0 unspecified atom stereocenters. The summed E-state index contributed by atoms with van der Waals surface area (Å²) in [5.41, 5.74) is 1.34. The number of oxazole rings is 1. The van der Waals surface area contributed by atoms with Crippen LogP contribution in [0.4, 0.5) is 0 Å². The number of rotatable bonds is 3. The minimum absolute atomic E-state index is 0.0294. The molecule has 0 N–H and O–H groups in total. The molecule has 120 valence electrons. The highest BCUT2D eigenvalue weighted by atomic mass is 32.2. The molecule has 1 aliphatic rings. The maximum Gasteiger partial charge on any atom is 0.269 e. The summed E-state index contributed by atoms with van der Waals surface area (Å²) in [7, 11) is -3.85. The number of carbonyl (C=O) groups excluding carboxylic acids is 1. The van der Waals surface area contributed by atoms with Crippen molar-refractivity contribution in [2.24, 2.45) is 0 Å². The van der Waals surface area contributed by atoms with Crippen LogP contribution < -0.4 is 0 Å². The Morgan fingerprint density at radius 1 is 1.00 bits per heavy atom. The maximum absolute atomic E-state index is 12.5. The van der Waals surface area contributed by atoms with Crippen LogP contribution in [0.3, 0.4) is 0 Å². The molecule has 0 spiro atoms. The molecule has 2 aromatic carbocycles. The van der Waals surface area contributed by atoms with E-state index in [1.54, 1.807) is 12.1 Å². The lowest BCUT2D eigenvalue weighted by atomic mass is 10.2. The predicted octanol–water partition coefficient (Wildman–Crippen LogP) is 2.69. The van der Waals surface area contributed by atoms with Gasteiger partial charge in [0, 0.05) is 5.56 Å². The molecular formula is C17H12N2O4S. The summed E-state index contributed by atoms with van der Waals surface area (Å²) in [6.07, 6.45) is 1.37. The number of nitrogens with zero attached hydrogens (tertiary/aromatic N) is 2. The molecular weight excluding hydrogens is 328 g/mol. The highest BCUT2D eigenvalue weighted by molar-refractivity contribution is 7.90. The average Bonchev–Trinajstić information content (AvgIpc) is 3.14. The molecule has 0 radical (unpaired) electrons. The van der Waals surface area contributed by atoms with Gasteiger partial charge in [0.05, 0.1) is 12.1 Å². The lowest BCUT2D eigenvalue weighted by Crippen LogP contribution is -2.29. The van der Waals surface area contributed by atoms with Crippen LogP contribution in [0.15, 0.2) is 70.2 Å². The van der Waals surface area contributed by atoms with E-state index < -0.39 is 15.9 Å². The van der Waals surface area contributed by atoms with Gasteiger partial charge in [0.25, 0.3) is 15.9 Å². The van der Waals surface area contributed by atoms with Gasteiger partial charge < -0.3 is 4.42 Å². The zero-order chi connectivity index (χ0) is 16.7. The van der Waals surface area contributed by atoms with Crippen molar-refractivity contribution in [3.8, 4) is 11.5 Å². The third-order valence-corrected chi connectivity index (χ3v) is 5.58. The van der Waals surface area contributed by atoms with Crippen LogP contribution >= 0.6 is 0 Å². The summed E-state index contributed by atoms with van der Waals surface area (Å²) in [6, 6.07) is 15.4. The monoisotopic (exact) mass is 340 g/mol. The lowest BCUT2D eigenvalue weighted by molar-refractivity contribution is 0.0864. The Morgan fingerprint density at radius 2 is 1.71 bits per heavy atom. The molecule has 1 aromatic heterocycles. The average molecular weight is 340 g/mol. The molecule has 6 nitrogen and oxygen atoms in total. The van der Waals surface area contributed by atoms with Gasteiger partial charge >= 0.3 is 0 Å². The van der Waals surface area contributed by atoms with Crippen LogP contribution in [0.5, 0.6) is 0 Å². The molecule has 0 saturated heterocycles. The van der Waals surface area contributed by atoms with Crippen molar-refractivity contribution in [2.75, 3.05) is 0 Å². The van der Waals surface area contributed by atoms with Gasteiger partial charge in [0.2, 0.25) is 5.89 Å². The summed E-state index contributed by atoms with van der Waals surface area (Å²) in [4.78, 5) is 16.7. The summed E-state index contributed by atoms with van der Waals surface area (Å²) in [5.74, 6) is -0.165. The maximum atomic E-state index is 12.5. The van der Waals surface area contributed by atoms with Crippen LogP contribution in [0.1, 0.15) is 16.1 Å². The van der Waals surface area contributed by atoms with Gasteiger partial charge in [-0.3, -0.25) is 4.79 Å². The molecule has 0 aliphatic carbocycles. The van der Waals surface area contributed by atoms with Crippen molar-refractivity contribution < 1.29 is 17.6 Å². The lowest BCUT2D eigenvalue weighted by Gasteiger charge is -2.12. The van der Waals surface area contributed by atoms with Gasteiger partial charge in [-0.1, -0.05) is 30.3 Å². The molecule has 1 aliphatic heterocycles. The van der Waals surface area contributed by atoms with Crippen molar-refractivity contribution in [1.29, 1.82) is 0 Å². The number of hydrogen-bond acceptors (Lipinski definition) is 5. The molecule has 0 bridgehead atoms. The quantitative estimate of drug-likeness (QED) is 0.732. The van der Waals surface area contributed by atoms with Crippen molar-refractivity contribution in [2.45, 2.75) is 11.4 Å². The van der Waals surface area contributed by atoms with E-state index in [0.29, 0.717) is 11.6 Å². The zero-order valence-electron chi connectivity index (χ0n) is 12.4. The fraction of sp³-hybridized carbons (Fsp3) is 0.0588. The van der Waals surface area contributed by atoms with Gasteiger partial charge in [-0.25, -0.2) is 17.7 Å². The Balaban J connectivity index is 1.66. The highest BCUT2D eigenvalue weighted by Gasteiger charge is 2.41. The second-order valence-electron chi connectivity index (χ2n) is 5.32. The minimum Gasteiger partial charge on any atom is -0.444 e. The van der Waals surface area contributed by atoms with Crippen molar-refractivity contribution in [3.05, 3.63) is 72.1 Å². The van der Waals surface area contributed by atoms with E-state index in [-0.39, 0.29) is 17.0 Å². The van der Waals surface area contributed by atoms with E-state index in [9.17, 15) is 13.2 Å². The number of sulfonamides is 1. The van der Waals surface area contributed by atoms with Crippen molar-refractivity contribution in [1.82, 2.24) is 9.29 Å². The Morgan fingerprint density at radius 3 is 2.46 bits per heavy atom. The molecule has 0 fully saturated rings. The first-order valence-electron chi connectivity index (χ1n) is 7.23. The summed E-state index contributed by atoms with van der Waals surface area (Å²) in [6.45, 7) is -0.161. The Kier molecular flexibility index (Phi) is 3.24. The Hall–Kier alpha value is -2.93. The van der Waals surface area contributed by atoms with Gasteiger partial charge in [-0.2, -0.15) is 0 Å². The standard InChI is InChI=1S/C17H12N2O4S/c20-17-14-8-4-5-9-15(14)24(21,22)19(17)10-13-11-23-16(18-13)12-6-2-1-3-7-12/h1-9,11H,10H2. The predicted molar refractivity (Wildman–Crippen MR) is 85.4 cm³/mol. The third-order valence-electron chi connectivity index (χ3n) is 3.79. The third kappa shape index (κ3) is 2.21. The molecule has 24 heavy (non-hydrogen) atoms. The zero-order valence-corrected chi connectivity index (χ0v) is 13.2.